The number of methoxy groups -OCH3 is 1. The number of nitrogens with zero attached hydrogens (tertiary/aromatic N) is 3. The molecule has 2 aliphatic rings. The van der Waals surface area contributed by atoms with Crippen LogP contribution in [0.4, 0.5) is 5.69 Å². The fraction of sp³-hybridized carbons (Fsp3) is 0.600. The van der Waals surface area contributed by atoms with E-state index in [9.17, 15) is 9.59 Å². The van der Waals surface area contributed by atoms with Gasteiger partial charge in [0.05, 0.1) is 19.6 Å². The summed E-state index contributed by atoms with van der Waals surface area (Å²) in [6, 6.07) is 8.58. The summed E-state index contributed by atoms with van der Waals surface area (Å²) >= 11 is 0. The van der Waals surface area contributed by atoms with Crippen molar-refractivity contribution in [3.63, 3.8) is 0 Å². The van der Waals surface area contributed by atoms with E-state index >= 15 is 0 Å². The van der Waals surface area contributed by atoms with E-state index in [-0.39, 0.29) is 17.8 Å². The molecule has 0 atom stereocenters. The van der Waals surface area contributed by atoms with Crippen molar-refractivity contribution in [1.29, 1.82) is 0 Å². The summed E-state index contributed by atoms with van der Waals surface area (Å²) in [5.41, 5.74) is 2.54. The number of piperidine rings is 1. The number of piperazine rings is 1. The minimum Gasteiger partial charge on any atom is -0.469 e. The quantitative estimate of drug-likeness (QED) is 0.763. The summed E-state index contributed by atoms with van der Waals surface area (Å²) in [7, 11) is 1.43. The number of carbonyl (C=O) groups excluding carboxylic acids is 2. The molecule has 2 saturated heterocycles. The second kappa shape index (κ2) is 8.54. The second-order valence-electron chi connectivity index (χ2n) is 7.28. The van der Waals surface area contributed by atoms with Crippen LogP contribution in [0.15, 0.2) is 24.3 Å². The van der Waals surface area contributed by atoms with Crippen molar-refractivity contribution in [2.45, 2.75) is 19.8 Å². The van der Waals surface area contributed by atoms with Crippen LogP contribution in [0.3, 0.4) is 0 Å². The first kappa shape index (κ1) is 18.7. The van der Waals surface area contributed by atoms with Crippen molar-refractivity contribution >= 4 is 17.6 Å². The molecule has 0 spiro atoms. The largest absolute Gasteiger partial charge is 0.469 e. The summed E-state index contributed by atoms with van der Waals surface area (Å²) in [6.07, 6.45) is 1.42. The average molecular weight is 359 g/mol. The standard InChI is InChI=1S/C20H29N3O3/c1-16-4-3-5-18(14-16)22-12-10-21(11-13-22)15-19(24)23-8-6-17(7-9-23)20(25)26-2/h3-5,14,17H,6-13,15H2,1-2H3. The molecule has 0 aliphatic carbocycles. The van der Waals surface area contributed by atoms with Gasteiger partial charge in [-0.15, -0.1) is 0 Å². The summed E-state index contributed by atoms with van der Waals surface area (Å²) in [5.74, 6) is -0.0244. The summed E-state index contributed by atoms with van der Waals surface area (Å²) in [6.45, 7) is 7.59. The lowest BCUT2D eigenvalue weighted by Crippen LogP contribution is -2.51. The third-order valence-electron chi connectivity index (χ3n) is 5.48. The predicted octanol–water partition coefficient (Wildman–Crippen LogP) is 1.53. The summed E-state index contributed by atoms with van der Waals surface area (Å²) in [5, 5.41) is 0. The maximum absolute atomic E-state index is 12.6. The highest BCUT2D eigenvalue weighted by atomic mass is 16.5. The molecule has 1 aromatic carbocycles. The minimum atomic E-state index is -0.149. The van der Waals surface area contributed by atoms with Gasteiger partial charge < -0.3 is 14.5 Å². The van der Waals surface area contributed by atoms with E-state index in [1.807, 2.05) is 4.90 Å². The Labute approximate surface area is 155 Å². The lowest BCUT2D eigenvalue weighted by atomic mass is 9.97. The van der Waals surface area contributed by atoms with Crippen LogP contribution in [0.2, 0.25) is 0 Å². The van der Waals surface area contributed by atoms with E-state index in [1.165, 1.54) is 18.4 Å². The molecule has 2 aliphatic heterocycles. The average Bonchev–Trinajstić information content (AvgIpc) is 2.68. The topological polar surface area (TPSA) is 53.1 Å². The first-order valence-corrected chi connectivity index (χ1v) is 9.46. The van der Waals surface area contributed by atoms with Gasteiger partial charge in [-0.05, 0) is 37.5 Å². The van der Waals surface area contributed by atoms with Gasteiger partial charge >= 0.3 is 5.97 Å². The number of ether oxygens (including phenoxy) is 1. The number of carbonyl (C=O) groups is 2. The van der Waals surface area contributed by atoms with Crippen LogP contribution in [0.1, 0.15) is 18.4 Å². The van der Waals surface area contributed by atoms with E-state index in [4.69, 9.17) is 4.74 Å². The molecule has 0 unspecified atom stereocenters. The number of amides is 1. The molecule has 2 fully saturated rings. The van der Waals surface area contributed by atoms with Crippen molar-refractivity contribution in [3.05, 3.63) is 29.8 Å². The van der Waals surface area contributed by atoms with E-state index in [1.54, 1.807) is 0 Å². The van der Waals surface area contributed by atoms with E-state index in [0.29, 0.717) is 32.5 Å². The number of aryl methyl sites for hydroxylation is 1. The van der Waals surface area contributed by atoms with Gasteiger partial charge in [-0.1, -0.05) is 12.1 Å². The Morgan fingerprint density at radius 1 is 1.08 bits per heavy atom. The van der Waals surface area contributed by atoms with Crippen LogP contribution in [-0.2, 0) is 14.3 Å². The molecule has 26 heavy (non-hydrogen) atoms. The molecule has 6 nitrogen and oxygen atoms in total. The second-order valence-corrected chi connectivity index (χ2v) is 7.28. The predicted molar refractivity (Wildman–Crippen MR) is 101 cm³/mol. The fourth-order valence-corrected chi connectivity index (χ4v) is 3.81. The number of esters is 1. The molecule has 1 amide bonds. The number of hydrogen-bond acceptors (Lipinski definition) is 5. The highest BCUT2D eigenvalue weighted by Gasteiger charge is 2.29. The van der Waals surface area contributed by atoms with Crippen LogP contribution < -0.4 is 4.90 Å². The van der Waals surface area contributed by atoms with E-state index in [0.717, 1.165) is 26.2 Å². The Hall–Kier alpha value is -2.08. The molecule has 3 rings (SSSR count). The number of rotatable bonds is 4. The lowest BCUT2D eigenvalue weighted by molar-refractivity contribution is -0.149. The molecule has 1 aromatic rings. The van der Waals surface area contributed by atoms with Gasteiger partial charge in [0.1, 0.15) is 0 Å². The Kier molecular flexibility index (Phi) is 6.14. The van der Waals surface area contributed by atoms with Crippen molar-refractivity contribution < 1.29 is 14.3 Å². The van der Waals surface area contributed by atoms with Crippen molar-refractivity contribution in [3.8, 4) is 0 Å². The van der Waals surface area contributed by atoms with Gasteiger partial charge in [0.2, 0.25) is 5.91 Å². The van der Waals surface area contributed by atoms with Crippen molar-refractivity contribution in [2.75, 3.05) is 57.8 Å². The molecule has 2 heterocycles. The molecular formula is C20H29N3O3. The summed E-state index contributed by atoms with van der Waals surface area (Å²) < 4.78 is 4.81. The number of likely N-dealkylation sites (tertiary alicyclic amines) is 1. The first-order valence-electron chi connectivity index (χ1n) is 9.46. The van der Waals surface area contributed by atoms with Crippen LogP contribution in [-0.4, -0.2) is 74.6 Å². The molecule has 0 N–H and O–H groups in total. The highest BCUT2D eigenvalue weighted by Crippen LogP contribution is 2.20. The molecule has 0 radical (unpaired) electrons. The lowest BCUT2D eigenvalue weighted by Gasteiger charge is -2.37. The molecule has 142 valence electrons. The first-order chi connectivity index (χ1) is 12.6. The van der Waals surface area contributed by atoms with Crippen LogP contribution >= 0.6 is 0 Å². The van der Waals surface area contributed by atoms with Gasteiger partial charge in [-0.25, -0.2) is 0 Å². The highest BCUT2D eigenvalue weighted by molar-refractivity contribution is 5.79. The Morgan fingerprint density at radius 3 is 2.38 bits per heavy atom. The number of benzene rings is 1. The maximum atomic E-state index is 12.6. The van der Waals surface area contributed by atoms with Crippen LogP contribution in [0, 0.1) is 12.8 Å². The molecule has 0 bridgehead atoms. The maximum Gasteiger partial charge on any atom is 0.308 e. The molecule has 0 aromatic heterocycles. The smallest absolute Gasteiger partial charge is 0.308 e. The third-order valence-corrected chi connectivity index (χ3v) is 5.48. The SMILES string of the molecule is COC(=O)C1CCN(C(=O)CN2CCN(c3cccc(C)c3)CC2)CC1. The fourth-order valence-electron chi connectivity index (χ4n) is 3.81. The molecule has 0 saturated carbocycles. The Balaban J connectivity index is 1.43. The third kappa shape index (κ3) is 4.55. The van der Waals surface area contributed by atoms with Gasteiger partial charge in [0.15, 0.2) is 0 Å². The van der Waals surface area contributed by atoms with Gasteiger partial charge in [-0.3, -0.25) is 14.5 Å². The van der Waals surface area contributed by atoms with Crippen molar-refractivity contribution in [1.82, 2.24) is 9.80 Å². The van der Waals surface area contributed by atoms with Gasteiger partial charge in [-0.2, -0.15) is 0 Å². The number of hydrogen-bond donors (Lipinski definition) is 0. The number of anilines is 1. The van der Waals surface area contributed by atoms with Crippen LogP contribution in [0.25, 0.3) is 0 Å². The van der Waals surface area contributed by atoms with Gasteiger partial charge in [0.25, 0.3) is 0 Å². The Morgan fingerprint density at radius 2 is 1.77 bits per heavy atom. The zero-order chi connectivity index (χ0) is 18.5. The van der Waals surface area contributed by atoms with Crippen LogP contribution in [0.5, 0.6) is 0 Å². The zero-order valence-electron chi connectivity index (χ0n) is 15.8. The minimum absolute atomic E-state index is 0.0538. The Bertz CT molecular complexity index is 633. The van der Waals surface area contributed by atoms with E-state index < -0.39 is 0 Å². The zero-order valence-corrected chi connectivity index (χ0v) is 15.8. The summed E-state index contributed by atoms with van der Waals surface area (Å²) in [4.78, 5) is 30.7. The molecule has 6 heteroatoms. The van der Waals surface area contributed by atoms with Gasteiger partial charge in [0, 0.05) is 45.0 Å². The van der Waals surface area contributed by atoms with E-state index in [2.05, 4.69) is 41.0 Å². The monoisotopic (exact) mass is 359 g/mol. The van der Waals surface area contributed by atoms with Crippen molar-refractivity contribution in [2.24, 2.45) is 5.92 Å². The molecular weight excluding hydrogens is 330 g/mol. The normalized spacial score (nSPS) is 19.5.